The van der Waals surface area contributed by atoms with Gasteiger partial charge in [-0.1, -0.05) is 0 Å². The zero-order valence-corrected chi connectivity index (χ0v) is 9.51. The fraction of sp³-hybridized carbons (Fsp3) is 0.273. The zero-order valence-electron chi connectivity index (χ0n) is 9.51. The second kappa shape index (κ2) is 4.42. The van der Waals surface area contributed by atoms with E-state index in [9.17, 15) is 4.79 Å². The second-order valence-corrected chi connectivity index (χ2v) is 3.62. The van der Waals surface area contributed by atoms with E-state index in [1.54, 1.807) is 22.7 Å². The van der Waals surface area contributed by atoms with Gasteiger partial charge in [-0.15, -0.1) is 0 Å². The first-order valence-corrected chi connectivity index (χ1v) is 5.22. The van der Waals surface area contributed by atoms with Gasteiger partial charge in [0, 0.05) is 18.3 Å². The summed E-state index contributed by atoms with van der Waals surface area (Å²) in [6.07, 6.45) is 2.36. The number of methoxy groups -OCH3 is 1. The standard InChI is InChI=1S/C11H14N4O2/c1-17-11(16)10-8-6-7(13)3-5-15(8)9(14-10)2-4-12/h3,5-6H,2,4,12-13H2,1H3. The molecule has 0 spiro atoms. The number of aromatic nitrogens is 2. The Kier molecular flexibility index (Phi) is 2.97. The molecule has 0 saturated heterocycles. The number of carbonyl (C=O) groups is 1. The molecular weight excluding hydrogens is 220 g/mol. The molecule has 0 atom stereocenters. The SMILES string of the molecule is COC(=O)c1nc(CCN)n2ccc(N)cc12. The van der Waals surface area contributed by atoms with Crippen molar-refractivity contribution < 1.29 is 9.53 Å². The van der Waals surface area contributed by atoms with Crippen LogP contribution in [0.15, 0.2) is 18.3 Å². The smallest absolute Gasteiger partial charge is 0.358 e. The van der Waals surface area contributed by atoms with Crippen molar-refractivity contribution in [1.82, 2.24) is 9.38 Å². The Labute approximate surface area is 98.2 Å². The van der Waals surface area contributed by atoms with Gasteiger partial charge >= 0.3 is 5.97 Å². The number of nitrogen functional groups attached to an aromatic ring is 1. The average Bonchev–Trinajstić information content (AvgIpc) is 2.67. The first kappa shape index (κ1) is 11.4. The van der Waals surface area contributed by atoms with Gasteiger partial charge < -0.3 is 20.6 Å². The van der Waals surface area contributed by atoms with Crippen LogP contribution in [0.3, 0.4) is 0 Å². The number of anilines is 1. The predicted octanol–water partition coefficient (Wildman–Crippen LogP) is 0.204. The van der Waals surface area contributed by atoms with E-state index in [-0.39, 0.29) is 5.69 Å². The number of esters is 1. The summed E-state index contributed by atoms with van der Waals surface area (Å²) in [6, 6.07) is 3.44. The molecule has 2 heterocycles. The van der Waals surface area contributed by atoms with Gasteiger partial charge in [0.2, 0.25) is 0 Å². The molecule has 0 amide bonds. The van der Waals surface area contributed by atoms with Crippen molar-refractivity contribution in [2.24, 2.45) is 5.73 Å². The highest BCUT2D eigenvalue weighted by Gasteiger charge is 2.17. The molecule has 17 heavy (non-hydrogen) atoms. The van der Waals surface area contributed by atoms with Crippen molar-refractivity contribution in [3.8, 4) is 0 Å². The van der Waals surface area contributed by atoms with E-state index in [1.807, 2.05) is 0 Å². The molecule has 2 rings (SSSR count). The summed E-state index contributed by atoms with van der Waals surface area (Å²) in [5.74, 6) is 0.249. The van der Waals surface area contributed by atoms with E-state index in [0.29, 0.717) is 24.2 Å². The molecule has 0 unspecified atom stereocenters. The van der Waals surface area contributed by atoms with E-state index < -0.39 is 5.97 Å². The monoisotopic (exact) mass is 234 g/mol. The molecule has 0 saturated carbocycles. The lowest BCUT2D eigenvalue weighted by Crippen LogP contribution is -2.06. The van der Waals surface area contributed by atoms with Gasteiger partial charge in [-0.05, 0) is 18.7 Å². The lowest BCUT2D eigenvalue weighted by Gasteiger charge is -2.00. The highest BCUT2D eigenvalue weighted by atomic mass is 16.5. The van der Waals surface area contributed by atoms with E-state index in [4.69, 9.17) is 11.5 Å². The molecule has 4 N–H and O–H groups in total. The molecule has 0 aliphatic rings. The topological polar surface area (TPSA) is 95.6 Å². The largest absolute Gasteiger partial charge is 0.464 e. The van der Waals surface area contributed by atoms with Gasteiger partial charge in [-0.2, -0.15) is 0 Å². The molecule has 0 aliphatic heterocycles. The number of carbonyl (C=O) groups excluding carboxylic acids is 1. The lowest BCUT2D eigenvalue weighted by atomic mass is 10.3. The third-order valence-corrected chi connectivity index (χ3v) is 2.49. The Hall–Kier alpha value is -2.08. The molecule has 0 aliphatic carbocycles. The minimum Gasteiger partial charge on any atom is -0.464 e. The maximum atomic E-state index is 11.6. The minimum atomic E-state index is -0.476. The second-order valence-electron chi connectivity index (χ2n) is 3.62. The summed E-state index contributed by atoms with van der Waals surface area (Å²) < 4.78 is 6.49. The molecule has 2 aromatic heterocycles. The number of nitrogens with zero attached hydrogens (tertiary/aromatic N) is 2. The third-order valence-electron chi connectivity index (χ3n) is 2.49. The molecule has 0 aromatic carbocycles. The normalized spacial score (nSPS) is 10.7. The van der Waals surface area contributed by atoms with E-state index >= 15 is 0 Å². The van der Waals surface area contributed by atoms with Gasteiger partial charge in [0.25, 0.3) is 0 Å². The Balaban J connectivity index is 2.66. The highest BCUT2D eigenvalue weighted by molar-refractivity contribution is 5.95. The van der Waals surface area contributed by atoms with Crippen LogP contribution in [0, 0.1) is 0 Å². The van der Waals surface area contributed by atoms with Gasteiger partial charge in [0.15, 0.2) is 5.69 Å². The Morgan fingerprint density at radius 3 is 3.00 bits per heavy atom. The van der Waals surface area contributed by atoms with Crippen molar-refractivity contribution in [2.75, 3.05) is 19.4 Å². The van der Waals surface area contributed by atoms with Crippen LogP contribution in [-0.2, 0) is 11.2 Å². The number of rotatable bonds is 3. The number of nitrogens with two attached hydrogens (primary N) is 2. The first-order chi connectivity index (χ1) is 8.17. The fourth-order valence-corrected chi connectivity index (χ4v) is 1.72. The van der Waals surface area contributed by atoms with Crippen LogP contribution >= 0.6 is 0 Å². The van der Waals surface area contributed by atoms with E-state index in [2.05, 4.69) is 9.72 Å². The summed E-state index contributed by atoms with van der Waals surface area (Å²) in [7, 11) is 1.32. The van der Waals surface area contributed by atoms with Crippen LogP contribution in [0.4, 0.5) is 5.69 Å². The number of ether oxygens (including phenoxy) is 1. The van der Waals surface area contributed by atoms with Crippen LogP contribution in [0.2, 0.25) is 0 Å². The Bertz CT molecular complexity index is 562. The predicted molar refractivity (Wildman–Crippen MR) is 63.7 cm³/mol. The molecule has 2 aromatic rings. The van der Waals surface area contributed by atoms with Gasteiger partial charge in [-0.3, -0.25) is 0 Å². The van der Waals surface area contributed by atoms with Crippen LogP contribution in [0.5, 0.6) is 0 Å². The zero-order chi connectivity index (χ0) is 12.4. The van der Waals surface area contributed by atoms with Crippen molar-refractivity contribution in [1.29, 1.82) is 0 Å². The number of hydrogen-bond acceptors (Lipinski definition) is 5. The molecule has 0 bridgehead atoms. The molecule has 0 fully saturated rings. The van der Waals surface area contributed by atoms with Crippen molar-refractivity contribution in [2.45, 2.75) is 6.42 Å². The van der Waals surface area contributed by atoms with E-state index in [0.717, 1.165) is 5.82 Å². The first-order valence-electron chi connectivity index (χ1n) is 5.22. The molecule has 6 heteroatoms. The highest BCUT2D eigenvalue weighted by Crippen LogP contribution is 2.17. The van der Waals surface area contributed by atoms with E-state index in [1.165, 1.54) is 7.11 Å². The minimum absolute atomic E-state index is 0.267. The quantitative estimate of drug-likeness (QED) is 0.740. The van der Waals surface area contributed by atoms with Crippen LogP contribution < -0.4 is 11.5 Å². The number of imidazole rings is 1. The average molecular weight is 234 g/mol. The fourth-order valence-electron chi connectivity index (χ4n) is 1.72. The van der Waals surface area contributed by atoms with Crippen LogP contribution in [0.1, 0.15) is 16.3 Å². The van der Waals surface area contributed by atoms with Crippen LogP contribution in [0.25, 0.3) is 5.52 Å². The molecule has 0 radical (unpaired) electrons. The lowest BCUT2D eigenvalue weighted by molar-refractivity contribution is 0.0597. The summed E-state index contributed by atoms with van der Waals surface area (Å²) in [5, 5.41) is 0. The van der Waals surface area contributed by atoms with Gasteiger partial charge in [0.1, 0.15) is 5.82 Å². The van der Waals surface area contributed by atoms with Crippen molar-refractivity contribution >= 4 is 17.2 Å². The number of pyridine rings is 1. The Morgan fingerprint density at radius 2 is 2.35 bits per heavy atom. The number of hydrogen-bond donors (Lipinski definition) is 2. The maximum Gasteiger partial charge on any atom is 0.358 e. The molecule has 90 valence electrons. The molecule has 6 nitrogen and oxygen atoms in total. The summed E-state index contributed by atoms with van der Waals surface area (Å²) in [4.78, 5) is 15.8. The number of fused-ring (bicyclic) bond motifs is 1. The summed E-state index contributed by atoms with van der Waals surface area (Å²) >= 11 is 0. The van der Waals surface area contributed by atoms with Gasteiger partial charge in [0.05, 0.1) is 12.6 Å². The van der Waals surface area contributed by atoms with Crippen molar-refractivity contribution in [3.63, 3.8) is 0 Å². The summed E-state index contributed by atoms with van der Waals surface area (Å²) in [6.45, 7) is 0.462. The molecular formula is C11H14N4O2. The van der Waals surface area contributed by atoms with Gasteiger partial charge in [-0.25, -0.2) is 9.78 Å². The Morgan fingerprint density at radius 1 is 1.59 bits per heavy atom. The van der Waals surface area contributed by atoms with Crippen LogP contribution in [-0.4, -0.2) is 29.0 Å². The maximum absolute atomic E-state index is 11.6. The summed E-state index contributed by atoms with van der Waals surface area (Å²) in [5.41, 5.74) is 12.7. The van der Waals surface area contributed by atoms with Crippen molar-refractivity contribution in [3.05, 3.63) is 29.8 Å². The third kappa shape index (κ3) is 1.94.